The Morgan fingerprint density at radius 2 is 1.89 bits per heavy atom. The summed E-state index contributed by atoms with van der Waals surface area (Å²) in [7, 11) is 1.79. The van der Waals surface area contributed by atoms with Gasteiger partial charge < -0.3 is 5.73 Å². The van der Waals surface area contributed by atoms with E-state index in [-0.39, 0.29) is 0 Å². The molecule has 3 rings (SSSR count). The quantitative estimate of drug-likeness (QED) is 0.698. The average Bonchev–Trinajstić information content (AvgIpc) is 2.71. The molecular weight excluding hydrogens is 283 g/mol. The zero-order valence-corrected chi connectivity index (χ0v) is 11.6. The van der Waals surface area contributed by atoms with E-state index in [2.05, 4.69) is 10.1 Å². The van der Waals surface area contributed by atoms with Crippen molar-refractivity contribution in [2.75, 3.05) is 5.73 Å². The summed E-state index contributed by atoms with van der Waals surface area (Å²) >= 11 is 12.3. The summed E-state index contributed by atoms with van der Waals surface area (Å²) in [6.07, 6.45) is 1.70. The average molecular weight is 293 g/mol. The minimum Gasteiger partial charge on any atom is -0.383 e. The van der Waals surface area contributed by atoms with Crippen molar-refractivity contribution in [3.63, 3.8) is 0 Å². The van der Waals surface area contributed by atoms with Crippen molar-refractivity contribution in [2.45, 2.75) is 0 Å². The standard InChI is InChI=1S/C13H10Cl2N4/c1-19-13(16)9(6-17-19)7-2-4-10-8(12(7)15)3-5-11(14)18-10/h2-6H,16H2,1H3. The van der Waals surface area contributed by atoms with E-state index in [1.165, 1.54) is 0 Å². The van der Waals surface area contributed by atoms with Crippen LogP contribution in [-0.4, -0.2) is 14.8 Å². The summed E-state index contributed by atoms with van der Waals surface area (Å²) in [6, 6.07) is 7.31. The van der Waals surface area contributed by atoms with Crippen LogP contribution in [0.1, 0.15) is 0 Å². The number of hydrogen-bond donors (Lipinski definition) is 1. The maximum absolute atomic E-state index is 6.43. The Kier molecular flexibility index (Phi) is 2.84. The van der Waals surface area contributed by atoms with Gasteiger partial charge in [0.05, 0.1) is 16.7 Å². The van der Waals surface area contributed by atoms with E-state index in [1.807, 2.05) is 18.2 Å². The molecule has 19 heavy (non-hydrogen) atoms. The maximum atomic E-state index is 6.43. The number of anilines is 1. The number of nitrogen functional groups attached to an aromatic ring is 1. The molecule has 0 aliphatic rings. The lowest BCUT2D eigenvalue weighted by Gasteiger charge is -2.07. The second-order valence-corrected chi connectivity index (χ2v) is 4.96. The number of rotatable bonds is 1. The van der Waals surface area contributed by atoms with Crippen LogP contribution in [-0.2, 0) is 7.05 Å². The normalized spacial score (nSPS) is 11.1. The Bertz CT molecular complexity index is 780. The van der Waals surface area contributed by atoms with Crippen LogP contribution < -0.4 is 5.73 Å². The van der Waals surface area contributed by atoms with Crippen molar-refractivity contribution in [3.8, 4) is 11.1 Å². The number of halogens is 2. The second-order valence-electron chi connectivity index (χ2n) is 4.19. The molecule has 6 heteroatoms. The lowest BCUT2D eigenvalue weighted by molar-refractivity contribution is 0.779. The van der Waals surface area contributed by atoms with Gasteiger partial charge in [0.15, 0.2) is 0 Å². The van der Waals surface area contributed by atoms with E-state index in [4.69, 9.17) is 28.9 Å². The van der Waals surface area contributed by atoms with Crippen LogP contribution in [0.5, 0.6) is 0 Å². The highest BCUT2D eigenvalue weighted by Gasteiger charge is 2.13. The first-order valence-corrected chi connectivity index (χ1v) is 6.36. The number of nitrogens with two attached hydrogens (primary N) is 1. The molecule has 96 valence electrons. The molecule has 0 aliphatic heterocycles. The summed E-state index contributed by atoms with van der Waals surface area (Å²) in [5.74, 6) is 0.572. The van der Waals surface area contributed by atoms with Crippen molar-refractivity contribution in [3.05, 3.63) is 40.6 Å². The Morgan fingerprint density at radius 3 is 2.58 bits per heavy atom. The molecule has 2 aromatic heterocycles. The molecule has 0 amide bonds. The van der Waals surface area contributed by atoms with Crippen LogP contribution in [0.2, 0.25) is 10.2 Å². The molecule has 2 heterocycles. The van der Waals surface area contributed by atoms with E-state index in [9.17, 15) is 0 Å². The minimum atomic E-state index is 0.442. The van der Waals surface area contributed by atoms with Gasteiger partial charge in [-0.15, -0.1) is 0 Å². The molecular formula is C13H10Cl2N4. The van der Waals surface area contributed by atoms with Gasteiger partial charge in [0.1, 0.15) is 11.0 Å². The molecule has 0 bridgehead atoms. The molecule has 0 atom stereocenters. The van der Waals surface area contributed by atoms with E-state index in [1.54, 1.807) is 24.0 Å². The highest BCUT2D eigenvalue weighted by atomic mass is 35.5. The van der Waals surface area contributed by atoms with Crippen molar-refractivity contribution < 1.29 is 0 Å². The summed E-state index contributed by atoms with van der Waals surface area (Å²) in [5, 5.41) is 6.00. The molecule has 0 radical (unpaired) electrons. The largest absolute Gasteiger partial charge is 0.383 e. The van der Waals surface area contributed by atoms with Crippen LogP contribution in [0.15, 0.2) is 30.5 Å². The maximum Gasteiger partial charge on any atom is 0.129 e. The zero-order chi connectivity index (χ0) is 13.6. The first-order valence-electron chi connectivity index (χ1n) is 5.60. The lowest BCUT2D eigenvalue weighted by Crippen LogP contribution is -1.98. The Labute approximate surface area is 119 Å². The molecule has 1 aromatic carbocycles. The number of hydrogen-bond acceptors (Lipinski definition) is 3. The summed E-state index contributed by atoms with van der Waals surface area (Å²) in [5.41, 5.74) is 8.38. The number of benzene rings is 1. The van der Waals surface area contributed by atoms with Crippen LogP contribution in [0.4, 0.5) is 5.82 Å². The van der Waals surface area contributed by atoms with Crippen molar-refractivity contribution in [2.24, 2.45) is 7.05 Å². The van der Waals surface area contributed by atoms with Gasteiger partial charge in [-0.25, -0.2) is 4.98 Å². The van der Waals surface area contributed by atoms with Crippen LogP contribution in [0.25, 0.3) is 22.0 Å². The molecule has 3 aromatic rings. The third-order valence-electron chi connectivity index (χ3n) is 3.05. The smallest absolute Gasteiger partial charge is 0.129 e. The predicted octanol–water partition coefficient (Wildman–Crippen LogP) is 3.52. The number of fused-ring (bicyclic) bond motifs is 1. The fraction of sp³-hybridized carbons (Fsp3) is 0.0769. The fourth-order valence-corrected chi connectivity index (χ4v) is 2.48. The highest BCUT2D eigenvalue weighted by molar-refractivity contribution is 6.38. The predicted molar refractivity (Wildman–Crippen MR) is 78.4 cm³/mol. The third-order valence-corrected chi connectivity index (χ3v) is 3.66. The molecule has 0 saturated heterocycles. The van der Waals surface area contributed by atoms with E-state index < -0.39 is 0 Å². The monoisotopic (exact) mass is 292 g/mol. The van der Waals surface area contributed by atoms with Gasteiger partial charge in [0.2, 0.25) is 0 Å². The van der Waals surface area contributed by atoms with Gasteiger partial charge in [-0.05, 0) is 18.2 Å². The SMILES string of the molecule is Cn1ncc(-c2ccc3nc(Cl)ccc3c2Cl)c1N. The van der Waals surface area contributed by atoms with Crippen molar-refractivity contribution in [1.82, 2.24) is 14.8 Å². The Balaban J connectivity index is 2.29. The zero-order valence-electron chi connectivity index (χ0n) is 10.1. The van der Waals surface area contributed by atoms with E-state index in [0.717, 1.165) is 22.0 Å². The van der Waals surface area contributed by atoms with E-state index >= 15 is 0 Å². The van der Waals surface area contributed by atoms with E-state index in [0.29, 0.717) is 16.0 Å². The molecule has 0 spiro atoms. The van der Waals surface area contributed by atoms with Crippen LogP contribution in [0.3, 0.4) is 0 Å². The van der Waals surface area contributed by atoms with Crippen molar-refractivity contribution >= 4 is 39.9 Å². The van der Waals surface area contributed by atoms with Gasteiger partial charge in [0, 0.05) is 23.6 Å². The third kappa shape index (κ3) is 1.93. The number of pyridine rings is 1. The number of aryl methyl sites for hydroxylation is 1. The molecule has 0 saturated carbocycles. The van der Waals surface area contributed by atoms with Gasteiger partial charge in [-0.2, -0.15) is 5.10 Å². The Hall–Kier alpha value is -1.78. The summed E-state index contributed by atoms with van der Waals surface area (Å²) in [6.45, 7) is 0. The molecule has 2 N–H and O–H groups in total. The fourth-order valence-electron chi connectivity index (χ4n) is 2.01. The van der Waals surface area contributed by atoms with Gasteiger partial charge in [0.25, 0.3) is 0 Å². The van der Waals surface area contributed by atoms with Gasteiger partial charge in [-0.1, -0.05) is 29.3 Å². The van der Waals surface area contributed by atoms with Gasteiger partial charge in [-0.3, -0.25) is 4.68 Å². The summed E-state index contributed by atoms with van der Waals surface area (Å²) in [4.78, 5) is 4.23. The highest BCUT2D eigenvalue weighted by Crippen LogP contribution is 2.36. The minimum absolute atomic E-state index is 0.442. The van der Waals surface area contributed by atoms with Gasteiger partial charge >= 0.3 is 0 Å². The first-order chi connectivity index (χ1) is 9.08. The molecule has 0 unspecified atom stereocenters. The topological polar surface area (TPSA) is 56.7 Å². The van der Waals surface area contributed by atoms with Crippen LogP contribution in [0, 0.1) is 0 Å². The van der Waals surface area contributed by atoms with Crippen LogP contribution >= 0.6 is 23.2 Å². The Morgan fingerprint density at radius 1 is 1.11 bits per heavy atom. The number of nitrogens with zero attached hydrogens (tertiary/aromatic N) is 3. The molecule has 0 fully saturated rings. The second kappa shape index (κ2) is 4.40. The number of aromatic nitrogens is 3. The molecule has 0 aliphatic carbocycles. The molecule has 4 nitrogen and oxygen atoms in total. The lowest BCUT2D eigenvalue weighted by atomic mass is 10.1. The van der Waals surface area contributed by atoms with Crippen molar-refractivity contribution in [1.29, 1.82) is 0 Å². The summed E-state index contributed by atoms with van der Waals surface area (Å²) < 4.78 is 1.61. The first kappa shape index (κ1) is 12.3.